The highest BCUT2D eigenvalue weighted by Gasteiger charge is 2.25. The Kier molecular flexibility index (Phi) is 5.01. The fraction of sp³-hybridized carbons (Fsp3) is 0.130. The lowest BCUT2D eigenvalue weighted by Crippen LogP contribution is -2.29. The molecule has 0 radical (unpaired) electrons. The average molecular weight is 463 g/mol. The molecule has 5 rings (SSSR count). The summed E-state index contributed by atoms with van der Waals surface area (Å²) in [5.74, 6) is -0.326. The van der Waals surface area contributed by atoms with Gasteiger partial charge in [0, 0.05) is 29.8 Å². The summed E-state index contributed by atoms with van der Waals surface area (Å²) >= 11 is 4.71. The topological polar surface area (TPSA) is 88.3 Å². The van der Waals surface area contributed by atoms with Gasteiger partial charge in [-0.3, -0.25) is 18.5 Å². The van der Waals surface area contributed by atoms with Gasteiger partial charge in [-0.1, -0.05) is 31.0 Å². The summed E-state index contributed by atoms with van der Waals surface area (Å²) in [5.41, 5.74) is 1.54. The lowest BCUT2D eigenvalue weighted by Gasteiger charge is -2.27. The van der Waals surface area contributed by atoms with Gasteiger partial charge in [0.25, 0.3) is 5.56 Å². The molecule has 8 nitrogen and oxygen atoms in total. The molecule has 5 aromatic rings. The van der Waals surface area contributed by atoms with Crippen LogP contribution in [0.4, 0.5) is 10.2 Å². The Morgan fingerprint density at radius 2 is 1.97 bits per heavy atom. The molecular weight excluding hydrogens is 443 g/mol. The number of benzene rings is 1. The first-order chi connectivity index (χ1) is 15.9. The van der Waals surface area contributed by atoms with Gasteiger partial charge in [0.1, 0.15) is 17.5 Å². The maximum absolute atomic E-state index is 14.4. The third-order valence-corrected chi connectivity index (χ3v) is 6.19. The van der Waals surface area contributed by atoms with E-state index in [0.29, 0.717) is 33.8 Å². The number of anilines is 1. The van der Waals surface area contributed by atoms with Crippen molar-refractivity contribution < 1.29 is 9.18 Å². The Labute approximate surface area is 192 Å². The molecule has 0 aliphatic heterocycles. The van der Waals surface area contributed by atoms with Crippen LogP contribution in [-0.2, 0) is 0 Å². The van der Waals surface area contributed by atoms with Gasteiger partial charge in [-0.15, -0.1) is 0 Å². The molecule has 0 saturated carbocycles. The molecule has 0 amide bonds. The van der Waals surface area contributed by atoms with Gasteiger partial charge in [0.2, 0.25) is 0 Å². The normalized spacial score (nSPS) is 12.4. The fourth-order valence-corrected chi connectivity index (χ4v) is 4.28. The van der Waals surface area contributed by atoms with Crippen LogP contribution in [0.25, 0.3) is 22.2 Å². The van der Waals surface area contributed by atoms with E-state index in [4.69, 9.17) is 12.8 Å². The smallest absolute Gasteiger partial charge is 0.282 e. The number of H-pyrrole nitrogens is 1. The largest absolute Gasteiger partial charge is 0.345 e. The van der Waals surface area contributed by atoms with Crippen molar-refractivity contribution in [3.8, 4) is 5.69 Å². The first-order valence-corrected chi connectivity index (χ1v) is 10.6. The molecule has 0 unspecified atom stereocenters. The molecule has 0 fully saturated rings. The predicted molar refractivity (Wildman–Crippen MR) is 127 cm³/mol. The van der Waals surface area contributed by atoms with Crippen LogP contribution >= 0.6 is 12.8 Å². The van der Waals surface area contributed by atoms with Crippen molar-refractivity contribution in [1.82, 2.24) is 23.9 Å². The van der Waals surface area contributed by atoms with Crippen LogP contribution in [0.3, 0.4) is 0 Å². The van der Waals surface area contributed by atoms with E-state index in [1.165, 1.54) is 34.5 Å². The van der Waals surface area contributed by atoms with Gasteiger partial charge < -0.3 is 9.38 Å². The fourth-order valence-electron chi connectivity index (χ4n) is 4.01. The molecule has 0 aliphatic carbocycles. The number of nitrogens with zero attached hydrogens (tertiary/aromatic N) is 5. The summed E-state index contributed by atoms with van der Waals surface area (Å²) in [6, 6.07) is 9.75. The Morgan fingerprint density at radius 3 is 2.70 bits per heavy atom. The number of carbonyl (C=O) groups excluding carboxylic acids is 1. The standard InChI is InChI=1S/C23H19FN6O2S/c1-13(30(33)22-19-16(14(2)31)10-25-21(19)26-12-27-22)18-11-28-9-8-17(24)20(28)23(32)29(18)15-6-4-3-5-7-15/h3-13,33H,1-2H3,(H,25,26,27)/t13-/m0/s1. The van der Waals surface area contributed by atoms with Crippen molar-refractivity contribution in [2.75, 3.05) is 4.31 Å². The number of fused-ring (bicyclic) bond motifs is 2. The lowest BCUT2D eigenvalue weighted by atomic mass is 10.1. The maximum atomic E-state index is 14.4. The highest BCUT2D eigenvalue weighted by molar-refractivity contribution is 7.81. The van der Waals surface area contributed by atoms with E-state index in [0.717, 1.165) is 0 Å². The molecule has 0 saturated heterocycles. The number of carbonyl (C=O) groups is 1. The van der Waals surface area contributed by atoms with Gasteiger partial charge >= 0.3 is 0 Å². The van der Waals surface area contributed by atoms with Crippen molar-refractivity contribution in [3.63, 3.8) is 0 Å². The highest BCUT2D eigenvalue weighted by atomic mass is 32.1. The summed E-state index contributed by atoms with van der Waals surface area (Å²) in [5, 5.41) is 0.536. The molecule has 0 bridgehead atoms. The zero-order chi connectivity index (χ0) is 23.3. The molecule has 4 aromatic heterocycles. The third-order valence-electron chi connectivity index (χ3n) is 5.66. The number of halogens is 1. The average Bonchev–Trinajstić information content (AvgIpc) is 3.42. The number of rotatable bonds is 5. The summed E-state index contributed by atoms with van der Waals surface area (Å²) in [6.45, 7) is 3.31. The van der Waals surface area contributed by atoms with Crippen molar-refractivity contribution in [3.05, 3.63) is 88.7 Å². The van der Waals surface area contributed by atoms with E-state index in [2.05, 4.69) is 15.0 Å². The SMILES string of the molecule is CC(=O)c1c[nH]c2ncnc(N(S)[C@@H](C)c3cn4ccc(F)c4c(=O)n3-c3ccccc3)c12. The van der Waals surface area contributed by atoms with Crippen LogP contribution in [0.15, 0.2) is 66.1 Å². The molecule has 0 aliphatic rings. The number of hydrogen-bond donors (Lipinski definition) is 2. The van der Waals surface area contributed by atoms with E-state index in [1.807, 2.05) is 13.0 Å². The van der Waals surface area contributed by atoms with Crippen LogP contribution in [0, 0.1) is 5.82 Å². The second-order valence-corrected chi connectivity index (χ2v) is 8.08. The molecule has 4 heterocycles. The Bertz CT molecular complexity index is 1570. The van der Waals surface area contributed by atoms with Gasteiger partial charge in [-0.25, -0.2) is 14.4 Å². The number of nitrogens with one attached hydrogen (secondary N) is 1. The predicted octanol–water partition coefficient (Wildman–Crippen LogP) is 4.12. The van der Waals surface area contributed by atoms with Crippen LogP contribution in [0.5, 0.6) is 0 Å². The third kappa shape index (κ3) is 3.30. The maximum Gasteiger partial charge on any atom is 0.282 e. The summed E-state index contributed by atoms with van der Waals surface area (Å²) in [4.78, 5) is 37.1. The molecule has 0 spiro atoms. The second kappa shape index (κ2) is 7.89. The minimum Gasteiger partial charge on any atom is -0.345 e. The Balaban J connectivity index is 1.74. The molecule has 1 aromatic carbocycles. The van der Waals surface area contributed by atoms with Crippen LogP contribution < -0.4 is 9.86 Å². The summed E-state index contributed by atoms with van der Waals surface area (Å²) in [6.07, 6.45) is 6.17. The quantitative estimate of drug-likeness (QED) is 0.303. The van der Waals surface area contributed by atoms with E-state index in [1.54, 1.807) is 41.0 Å². The zero-order valence-corrected chi connectivity index (χ0v) is 18.6. The Hall–Kier alpha value is -3.92. The first kappa shape index (κ1) is 21.0. The summed E-state index contributed by atoms with van der Waals surface area (Å²) in [7, 11) is 0. The van der Waals surface area contributed by atoms with E-state index >= 15 is 0 Å². The molecule has 10 heteroatoms. The van der Waals surface area contributed by atoms with Crippen LogP contribution in [-0.4, -0.2) is 29.7 Å². The first-order valence-electron chi connectivity index (χ1n) is 10.2. The number of aromatic amines is 1. The molecule has 33 heavy (non-hydrogen) atoms. The van der Waals surface area contributed by atoms with Crippen LogP contribution in [0.1, 0.15) is 35.9 Å². The minimum atomic E-state index is -0.595. The van der Waals surface area contributed by atoms with Gasteiger partial charge in [0.05, 0.1) is 17.1 Å². The number of hydrogen-bond acceptors (Lipinski definition) is 6. The zero-order valence-electron chi connectivity index (χ0n) is 17.7. The minimum absolute atomic E-state index is 0.0468. The van der Waals surface area contributed by atoms with E-state index < -0.39 is 17.4 Å². The van der Waals surface area contributed by atoms with Gasteiger partial charge in [0.15, 0.2) is 17.4 Å². The lowest BCUT2D eigenvalue weighted by molar-refractivity contribution is 0.101. The molecule has 1 N–H and O–H groups in total. The van der Waals surface area contributed by atoms with Gasteiger partial charge in [-0.05, 0) is 32.0 Å². The van der Waals surface area contributed by atoms with Crippen molar-refractivity contribution in [2.45, 2.75) is 19.9 Å². The number of para-hydroxylation sites is 1. The van der Waals surface area contributed by atoms with Crippen molar-refractivity contribution in [2.24, 2.45) is 0 Å². The molecular formula is C23H19FN6O2S. The number of aromatic nitrogens is 5. The highest BCUT2D eigenvalue weighted by Crippen LogP contribution is 2.34. The van der Waals surface area contributed by atoms with Gasteiger partial charge in [-0.2, -0.15) is 0 Å². The molecule has 1 atom stereocenters. The van der Waals surface area contributed by atoms with E-state index in [9.17, 15) is 14.0 Å². The van der Waals surface area contributed by atoms with Crippen LogP contribution in [0.2, 0.25) is 0 Å². The summed E-state index contributed by atoms with van der Waals surface area (Å²) < 4.78 is 18.9. The number of Topliss-reactive ketones (excluding diaryl/α,β-unsaturated/α-hetero) is 1. The number of thiol groups is 1. The number of ketones is 1. The monoisotopic (exact) mass is 462 g/mol. The van der Waals surface area contributed by atoms with E-state index in [-0.39, 0.29) is 11.3 Å². The second-order valence-electron chi connectivity index (χ2n) is 7.65. The van der Waals surface area contributed by atoms with Crippen molar-refractivity contribution >= 4 is 41.0 Å². The Morgan fingerprint density at radius 1 is 1.21 bits per heavy atom. The molecule has 166 valence electrons. The van der Waals surface area contributed by atoms with Crippen molar-refractivity contribution in [1.29, 1.82) is 0 Å².